The lowest BCUT2D eigenvalue weighted by atomic mass is 9.90. The van der Waals surface area contributed by atoms with Gasteiger partial charge in [0.25, 0.3) is 0 Å². The first-order chi connectivity index (χ1) is 16.4. The summed E-state index contributed by atoms with van der Waals surface area (Å²) >= 11 is 0. The van der Waals surface area contributed by atoms with E-state index in [0.29, 0.717) is 12.0 Å². The molecule has 1 aliphatic rings. The molecule has 0 amide bonds. The number of piperidine rings is 1. The second kappa shape index (κ2) is 15.1. The lowest BCUT2D eigenvalue weighted by Gasteiger charge is -2.37. The highest BCUT2D eigenvalue weighted by Gasteiger charge is 2.28. The highest BCUT2D eigenvalue weighted by molar-refractivity contribution is 6.27. The molecule has 2 aromatic rings. The van der Waals surface area contributed by atoms with Crippen LogP contribution in [0.15, 0.2) is 54.6 Å². The number of hydrogen-bond acceptors (Lipinski definition) is 5. The Hall–Kier alpha value is -2.90. The summed E-state index contributed by atoms with van der Waals surface area (Å²) in [6.07, 6.45) is 6.52. The quantitative estimate of drug-likeness (QED) is 0.379. The standard InChI is InChI=1S/C25H35NO2.C2H2O4/c1-3-4-8-17-26-18-15-23(25(20-26)27-2)16-19-28-24-13-11-22(12-14-24)21-9-6-5-7-10-21;3-1(4)2(5)6/h5-7,9-14,23,25H,3-4,8,15-20H2,1-2H3;(H,3,4)(H,5,6)/t23-,25+;/m0./s1. The highest BCUT2D eigenvalue weighted by atomic mass is 16.5. The molecule has 186 valence electrons. The summed E-state index contributed by atoms with van der Waals surface area (Å²) in [5.74, 6) is -2.10. The zero-order valence-corrected chi connectivity index (χ0v) is 20.2. The molecule has 1 heterocycles. The second-order valence-corrected chi connectivity index (χ2v) is 8.47. The third-order valence-corrected chi connectivity index (χ3v) is 6.06. The third-order valence-electron chi connectivity index (χ3n) is 6.06. The van der Waals surface area contributed by atoms with Crippen molar-refractivity contribution in [1.82, 2.24) is 4.90 Å². The van der Waals surface area contributed by atoms with E-state index in [4.69, 9.17) is 29.3 Å². The Balaban J connectivity index is 0.000000604. The first kappa shape index (κ1) is 27.3. The molecule has 7 nitrogen and oxygen atoms in total. The fourth-order valence-corrected chi connectivity index (χ4v) is 4.12. The van der Waals surface area contributed by atoms with E-state index in [2.05, 4.69) is 60.4 Å². The van der Waals surface area contributed by atoms with Gasteiger partial charge >= 0.3 is 11.9 Å². The van der Waals surface area contributed by atoms with Gasteiger partial charge in [0.05, 0.1) is 12.7 Å². The van der Waals surface area contributed by atoms with Crippen molar-refractivity contribution in [2.75, 3.05) is 33.4 Å². The molecule has 0 aromatic heterocycles. The van der Waals surface area contributed by atoms with Gasteiger partial charge in [-0.2, -0.15) is 0 Å². The van der Waals surface area contributed by atoms with Crippen molar-refractivity contribution < 1.29 is 29.3 Å². The van der Waals surface area contributed by atoms with Crippen molar-refractivity contribution in [2.24, 2.45) is 5.92 Å². The zero-order chi connectivity index (χ0) is 24.8. The van der Waals surface area contributed by atoms with Crippen LogP contribution in [0.1, 0.15) is 39.0 Å². The van der Waals surface area contributed by atoms with Crippen LogP contribution in [-0.4, -0.2) is 66.5 Å². The minimum atomic E-state index is -1.82. The molecule has 0 radical (unpaired) electrons. The van der Waals surface area contributed by atoms with Gasteiger partial charge in [0.15, 0.2) is 0 Å². The molecule has 0 saturated carbocycles. The Bertz CT molecular complexity index is 843. The number of aliphatic carboxylic acids is 2. The smallest absolute Gasteiger partial charge is 0.414 e. The van der Waals surface area contributed by atoms with Crippen molar-refractivity contribution in [3.8, 4) is 16.9 Å². The number of rotatable bonds is 10. The molecule has 0 bridgehead atoms. The maximum atomic E-state index is 9.10. The molecule has 1 saturated heterocycles. The number of carbonyl (C=O) groups is 2. The lowest BCUT2D eigenvalue weighted by Crippen LogP contribution is -2.45. The minimum Gasteiger partial charge on any atom is -0.494 e. The van der Waals surface area contributed by atoms with E-state index in [9.17, 15) is 0 Å². The maximum Gasteiger partial charge on any atom is 0.414 e. The van der Waals surface area contributed by atoms with Crippen LogP contribution < -0.4 is 4.74 Å². The zero-order valence-electron chi connectivity index (χ0n) is 20.2. The van der Waals surface area contributed by atoms with Crippen LogP contribution in [0.2, 0.25) is 0 Å². The molecule has 2 N–H and O–H groups in total. The van der Waals surface area contributed by atoms with Crippen LogP contribution in [0.3, 0.4) is 0 Å². The number of hydrogen-bond donors (Lipinski definition) is 2. The van der Waals surface area contributed by atoms with Gasteiger partial charge in [0.1, 0.15) is 5.75 Å². The summed E-state index contributed by atoms with van der Waals surface area (Å²) in [7, 11) is 1.86. The summed E-state index contributed by atoms with van der Waals surface area (Å²) in [6, 6.07) is 18.9. The summed E-state index contributed by atoms with van der Waals surface area (Å²) in [5, 5.41) is 14.8. The summed E-state index contributed by atoms with van der Waals surface area (Å²) in [6.45, 7) is 6.49. The van der Waals surface area contributed by atoms with Crippen LogP contribution in [0.25, 0.3) is 11.1 Å². The van der Waals surface area contributed by atoms with E-state index in [1.54, 1.807) is 0 Å². The molecule has 0 unspecified atom stereocenters. The topological polar surface area (TPSA) is 96.3 Å². The van der Waals surface area contributed by atoms with Gasteiger partial charge in [-0.3, -0.25) is 0 Å². The van der Waals surface area contributed by atoms with Crippen LogP contribution >= 0.6 is 0 Å². The first-order valence-corrected chi connectivity index (χ1v) is 11.9. The van der Waals surface area contributed by atoms with Crippen LogP contribution in [0, 0.1) is 5.92 Å². The number of ether oxygens (including phenoxy) is 2. The number of likely N-dealkylation sites (tertiary alicyclic amines) is 1. The minimum absolute atomic E-state index is 0.333. The molecular weight excluding hydrogens is 434 g/mol. The Labute approximate surface area is 202 Å². The lowest BCUT2D eigenvalue weighted by molar-refractivity contribution is -0.159. The molecule has 34 heavy (non-hydrogen) atoms. The van der Waals surface area contributed by atoms with E-state index >= 15 is 0 Å². The first-order valence-electron chi connectivity index (χ1n) is 11.9. The molecule has 1 aliphatic heterocycles. The average Bonchev–Trinajstić information content (AvgIpc) is 2.86. The Kier molecular flexibility index (Phi) is 12.1. The predicted molar refractivity (Wildman–Crippen MR) is 132 cm³/mol. The average molecular weight is 472 g/mol. The third kappa shape index (κ3) is 9.53. The Morgan fingerprint density at radius 3 is 2.21 bits per heavy atom. The van der Waals surface area contributed by atoms with E-state index in [1.165, 1.54) is 49.9 Å². The maximum absolute atomic E-state index is 9.10. The SMILES string of the molecule is CCCCCN1CC[C@@H](CCOc2ccc(-c3ccccc3)cc2)[C@H](OC)C1.O=C(O)C(=O)O. The summed E-state index contributed by atoms with van der Waals surface area (Å²) in [4.78, 5) is 20.8. The van der Waals surface area contributed by atoms with Crippen molar-refractivity contribution >= 4 is 11.9 Å². The predicted octanol–water partition coefficient (Wildman–Crippen LogP) is 4.81. The van der Waals surface area contributed by atoms with E-state index in [1.807, 2.05) is 13.2 Å². The van der Waals surface area contributed by atoms with Gasteiger partial charge in [0.2, 0.25) is 0 Å². The van der Waals surface area contributed by atoms with Gasteiger partial charge in [-0.25, -0.2) is 9.59 Å². The van der Waals surface area contributed by atoms with Gasteiger partial charge in [0, 0.05) is 13.7 Å². The molecule has 3 rings (SSSR count). The van der Waals surface area contributed by atoms with Crippen LogP contribution in [0.5, 0.6) is 5.75 Å². The van der Waals surface area contributed by atoms with Gasteiger partial charge in [-0.05, 0) is 61.5 Å². The molecule has 2 atom stereocenters. The van der Waals surface area contributed by atoms with E-state index < -0.39 is 11.9 Å². The molecule has 7 heteroatoms. The van der Waals surface area contributed by atoms with Crippen molar-refractivity contribution in [3.05, 3.63) is 54.6 Å². The highest BCUT2D eigenvalue weighted by Crippen LogP contribution is 2.25. The molecular formula is C27H37NO6. The number of carboxylic acid groups (broad SMARTS) is 2. The number of benzene rings is 2. The molecule has 0 aliphatic carbocycles. The Morgan fingerprint density at radius 2 is 1.62 bits per heavy atom. The van der Waals surface area contributed by atoms with Gasteiger partial charge in [-0.15, -0.1) is 0 Å². The number of carboxylic acids is 2. The number of unbranched alkanes of at least 4 members (excludes halogenated alkanes) is 2. The van der Waals surface area contributed by atoms with Crippen molar-refractivity contribution in [1.29, 1.82) is 0 Å². The number of nitrogens with zero attached hydrogens (tertiary/aromatic N) is 1. The number of methoxy groups -OCH3 is 1. The van der Waals surface area contributed by atoms with E-state index in [-0.39, 0.29) is 0 Å². The largest absolute Gasteiger partial charge is 0.494 e. The summed E-state index contributed by atoms with van der Waals surface area (Å²) < 4.78 is 11.8. The molecule has 0 spiro atoms. The fourth-order valence-electron chi connectivity index (χ4n) is 4.12. The molecule has 2 aromatic carbocycles. The Morgan fingerprint density at radius 1 is 0.971 bits per heavy atom. The second-order valence-electron chi connectivity index (χ2n) is 8.47. The van der Waals surface area contributed by atoms with Crippen molar-refractivity contribution in [3.63, 3.8) is 0 Å². The van der Waals surface area contributed by atoms with Gasteiger partial charge in [-0.1, -0.05) is 62.2 Å². The monoisotopic (exact) mass is 471 g/mol. The normalized spacial score (nSPS) is 17.9. The van der Waals surface area contributed by atoms with Crippen molar-refractivity contribution in [2.45, 2.75) is 45.1 Å². The fraction of sp³-hybridized carbons (Fsp3) is 0.481. The van der Waals surface area contributed by atoms with E-state index in [0.717, 1.165) is 25.3 Å². The summed E-state index contributed by atoms with van der Waals surface area (Å²) in [5.41, 5.74) is 2.46. The van der Waals surface area contributed by atoms with Crippen LogP contribution in [0.4, 0.5) is 0 Å². The van der Waals surface area contributed by atoms with Crippen LogP contribution in [-0.2, 0) is 14.3 Å². The van der Waals surface area contributed by atoms with Gasteiger partial charge < -0.3 is 24.6 Å². The molecule has 1 fully saturated rings.